The van der Waals surface area contributed by atoms with Gasteiger partial charge < -0.3 is 10.2 Å². The molecule has 0 aromatic heterocycles. The molecule has 1 heterocycles. The summed E-state index contributed by atoms with van der Waals surface area (Å²) in [6, 6.07) is 9.60. The van der Waals surface area contributed by atoms with Gasteiger partial charge in [-0.15, -0.1) is 0 Å². The molecule has 110 valence electrons. The van der Waals surface area contributed by atoms with Crippen LogP contribution in [0, 0.1) is 5.41 Å². The van der Waals surface area contributed by atoms with E-state index in [1.165, 1.54) is 56.4 Å². The fourth-order valence-corrected chi connectivity index (χ4v) is 3.89. The lowest BCUT2D eigenvalue weighted by Crippen LogP contribution is -2.39. The van der Waals surface area contributed by atoms with E-state index in [0.29, 0.717) is 5.41 Å². The highest BCUT2D eigenvalue weighted by molar-refractivity contribution is 5.57. The molecule has 1 aromatic carbocycles. The van der Waals surface area contributed by atoms with Crippen LogP contribution < -0.4 is 10.2 Å². The standard InChI is InChI=1S/C18H28N2/c1-18(2)11-5-9-17(18)19-12-6-13-20-14-10-15-7-3-4-8-16(15)20/h3-4,7-8,17,19H,5-6,9-14H2,1-2H3. The lowest BCUT2D eigenvalue weighted by Gasteiger charge is -2.28. The third-order valence-corrected chi connectivity index (χ3v) is 5.24. The quantitative estimate of drug-likeness (QED) is 0.824. The van der Waals surface area contributed by atoms with Gasteiger partial charge in [0.05, 0.1) is 0 Å². The zero-order chi connectivity index (χ0) is 14.0. The molecule has 1 atom stereocenters. The minimum absolute atomic E-state index is 0.500. The third kappa shape index (κ3) is 2.85. The van der Waals surface area contributed by atoms with Gasteiger partial charge in [0.2, 0.25) is 0 Å². The van der Waals surface area contributed by atoms with Crippen molar-refractivity contribution in [2.75, 3.05) is 24.5 Å². The van der Waals surface area contributed by atoms with Crippen molar-refractivity contribution >= 4 is 5.69 Å². The summed E-state index contributed by atoms with van der Waals surface area (Å²) in [5.74, 6) is 0. The van der Waals surface area contributed by atoms with Crippen LogP contribution in [0.1, 0.15) is 45.1 Å². The highest BCUT2D eigenvalue weighted by atomic mass is 15.1. The first kappa shape index (κ1) is 13.9. The van der Waals surface area contributed by atoms with Gasteiger partial charge in [-0.25, -0.2) is 0 Å². The second-order valence-electron chi connectivity index (χ2n) is 7.11. The van der Waals surface area contributed by atoms with Crippen LogP contribution in [0.2, 0.25) is 0 Å². The van der Waals surface area contributed by atoms with E-state index in [2.05, 4.69) is 48.3 Å². The molecule has 2 aliphatic rings. The molecule has 0 radical (unpaired) electrons. The van der Waals surface area contributed by atoms with E-state index in [1.54, 1.807) is 0 Å². The van der Waals surface area contributed by atoms with Crippen molar-refractivity contribution in [3.8, 4) is 0 Å². The average Bonchev–Trinajstić information content (AvgIpc) is 2.99. The van der Waals surface area contributed by atoms with Gasteiger partial charge >= 0.3 is 0 Å². The maximum Gasteiger partial charge on any atom is 0.0399 e. The summed E-state index contributed by atoms with van der Waals surface area (Å²) >= 11 is 0. The molecule has 2 nitrogen and oxygen atoms in total. The van der Waals surface area contributed by atoms with Gasteiger partial charge in [0, 0.05) is 24.8 Å². The van der Waals surface area contributed by atoms with Crippen LogP contribution in [0.15, 0.2) is 24.3 Å². The van der Waals surface area contributed by atoms with Crippen LogP contribution >= 0.6 is 0 Å². The number of rotatable bonds is 5. The van der Waals surface area contributed by atoms with Gasteiger partial charge in [0.15, 0.2) is 0 Å². The van der Waals surface area contributed by atoms with Crippen molar-refractivity contribution in [3.05, 3.63) is 29.8 Å². The number of benzene rings is 1. The summed E-state index contributed by atoms with van der Waals surface area (Å²) in [5.41, 5.74) is 3.49. The maximum absolute atomic E-state index is 3.79. The Bertz CT molecular complexity index is 452. The van der Waals surface area contributed by atoms with Gasteiger partial charge in [0.25, 0.3) is 0 Å². The van der Waals surface area contributed by atoms with E-state index >= 15 is 0 Å². The Balaban J connectivity index is 1.43. The number of anilines is 1. The normalized spacial score (nSPS) is 24.1. The molecule has 3 rings (SSSR count). The Labute approximate surface area is 123 Å². The smallest absolute Gasteiger partial charge is 0.0399 e. The molecule has 0 bridgehead atoms. The highest BCUT2D eigenvalue weighted by Gasteiger charge is 2.33. The molecular weight excluding hydrogens is 244 g/mol. The Hall–Kier alpha value is -1.02. The van der Waals surface area contributed by atoms with Gasteiger partial charge in [-0.2, -0.15) is 0 Å². The number of nitrogens with one attached hydrogen (secondary N) is 1. The summed E-state index contributed by atoms with van der Waals surface area (Å²) < 4.78 is 0. The fraction of sp³-hybridized carbons (Fsp3) is 0.667. The van der Waals surface area contributed by atoms with Crippen molar-refractivity contribution in [1.82, 2.24) is 5.32 Å². The minimum atomic E-state index is 0.500. The largest absolute Gasteiger partial charge is 0.371 e. The molecule has 1 saturated carbocycles. The van der Waals surface area contributed by atoms with E-state index in [1.807, 2.05) is 0 Å². The molecule has 1 unspecified atom stereocenters. The number of para-hydroxylation sites is 1. The second-order valence-corrected chi connectivity index (χ2v) is 7.11. The Morgan fingerprint density at radius 2 is 2.15 bits per heavy atom. The summed E-state index contributed by atoms with van der Waals surface area (Å²) in [7, 11) is 0. The van der Waals surface area contributed by atoms with E-state index in [-0.39, 0.29) is 0 Å². The summed E-state index contributed by atoms with van der Waals surface area (Å²) in [6.45, 7) is 8.38. The molecular formula is C18H28N2. The van der Waals surface area contributed by atoms with Gasteiger partial charge in [-0.05, 0) is 49.3 Å². The predicted octanol–water partition coefficient (Wildman–Crippen LogP) is 3.61. The molecule has 0 saturated heterocycles. The zero-order valence-electron chi connectivity index (χ0n) is 13.0. The topological polar surface area (TPSA) is 15.3 Å². The summed E-state index contributed by atoms with van der Waals surface area (Å²) in [5, 5.41) is 3.79. The van der Waals surface area contributed by atoms with Crippen LogP contribution in [-0.4, -0.2) is 25.7 Å². The zero-order valence-corrected chi connectivity index (χ0v) is 13.0. The van der Waals surface area contributed by atoms with E-state index in [9.17, 15) is 0 Å². The van der Waals surface area contributed by atoms with Gasteiger partial charge in [-0.3, -0.25) is 0 Å². The molecule has 0 spiro atoms. The lowest BCUT2D eigenvalue weighted by molar-refractivity contribution is 0.284. The van der Waals surface area contributed by atoms with Crippen molar-refractivity contribution in [3.63, 3.8) is 0 Å². The number of hydrogen-bond donors (Lipinski definition) is 1. The average molecular weight is 272 g/mol. The lowest BCUT2D eigenvalue weighted by atomic mass is 9.87. The van der Waals surface area contributed by atoms with Crippen molar-refractivity contribution in [2.24, 2.45) is 5.41 Å². The molecule has 0 amide bonds. The molecule has 20 heavy (non-hydrogen) atoms. The first-order valence-electron chi connectivity index (χ1n) is 8.23. The van der Waals surface area contributed by atoms with Crippen molar-refractivity contribution in [2.45, 2.75) is 52.0 Å². The highest BCUT2D eigenvalue weighted by Crippen LogP contribution is 2.37. The third-order valence-electron chi connectivity index (χ3n) is 5.24. The van der Waals surface area contributed by atoms with E-state index in [0.717, 1.165) is 12.6 Å². The van der Waals surface area contributed by atoms with Crippen LogP contribution in [-0.2, 0) is 6.42 Å². The first-order valence-corrected chi connectivity index (χ1v) is 8.23. The maximum atomic E-state index is 3.79. The fourth-order valence-electron chi connectivity index (χ4n) is 3.89. The predicted molar refractivity (Wildman–Crippen MR) is 86.4 cm³/mol. The first-order chi connectivity index (χ1) is 9.67. The Kier molecular flexibility index (Phi) is 4.02. The molecule has 1 aliphatic carbocycles. The monoisotopic (exact) mass is 272 g/mol. The van der Waals surface area contributed by atoms with E-state index in [4.69, 9.17) is 0 Å². The van der Waals surface area contributed by atoms with Crippen LogP contribution in [0.25, 0.3) is 0 Å². The molecule has 1 aromatic rings. The summed E-state index contributed by atoms with van der Waals surface area (Å²) in [4.78, 5) is 2.55. The second kappa shape index (κ2) is 5.77. The number of fused-ring (bicyclic) bond motifs is 1. The summed E-state index contributed by atoms with van der Waals surface area (Å²) in [6.07, 6.45) is 6.61. The molecule has 1 fully saturated rings. The van der Waals surface area contributed by atoms with Crippen molar-refractivity contribution in [1.29, 1.82) is 0 Å². The van der Waals surface area contributed by atoms with Crippen molar-refractivity contribution < 1.29 is 0 Å². The SMILES string of the molecule is CC1(C)CCCC1NCCCN1CCc2ccccc21. The van der Waals surface area contributed by atoms with Crippen LogP contribution in [0.4, 0.5) is 5.69 Å². The van der Waals surface area contributed by atoms with E-state index < -0.39 is 0 Å². The molecule has 1 N–H and O–H groups in total. The van der Waals surface area contributed by atoms with Crippen LogP contribution in [0.5, 0.6) is 0 Å². The Morgan fingerprint density at radius 1 is 1.30 bits per heavy atom. The number of nitrogens with zero attached hydrogens (tertiary/aromatic N) is 1. The number of hydrogen-bond acceptors (Lipinski definition) is 2. The molecule has 1 aliphatic heterocycles. The van der Waals surface area contributed by atoms with Gasteiger partial charge in [-0.1, -0.05) is 38.5 Å². The van der Waals surface area contributed by atoms with Gasteiger partial charge in [0.1, 0.15) is 0 Å². The molecule has 2 heteroatoms. The minimum Gasteiger partial charge on any atom is -0.371 e. The Morgan fingerprint density at radius 3 is 2.95 bits per heavy atom. The van der Waals surface area contributed by atoms with Crippen LogP contribution in [0.3, 0.4) is 0 Å².